The Morgan fingerprint density at radius 3 is 2.05 bits per heavy atom. The van der Waals surface area contributed by atoms with E-state index in [0.717, 1.165) is 12.0 Å². The average molecular weight is 267 g/mol. The summed E-state index contributed by atoms with van der Waals surface area (Å²) in [6.45, 7) is 17.3. The lowest BCUT2D eigenvalue weighted by Crippen LogP contribution is -2.53. The third-order valence-corrected chi connectivity index (χ3v) is 4.95. The van der Waals surface area contributed by atoms with Crippen LogP contribution in [0.15, 0.2) is 0 Å². The molecule has 112 valence electrons. The van der Waals surface area contributed by atoms with Crippen molar-refractivity contribution in [3.63, 3.8) is 0 Å². The van der Waals surface area contributed by atoms with Crippen LogP contribution in [0.1, 0.15) is 40.0 Å². The molecule has 2 rings (SSSR count). The lowest BCUT2D eigenvalue weighted by molar-refractivity contribution is 0.0601. The van der Waals surface area contributed by atoms with Crippen LogP contribution < -0.4 is 0 Å². The summed E-state index contributed by atoms with van der Waals surface area (Å²) in [5.74, 6) is 0.847. The van der Waals surface area contributed by atoms with E-state index < -0.39 is 0 Å². The van der Waals surface area contributed by atoms with Crippen molar-refractivity contribution in [2.45, 2.75) is 46.1 Å². The molecular formula is C16H33N3. The molecule has 0 spiro atoms. The zero-order valence-electron chi connectivity index (χ0n) is 13.3. The topological polar surface area (TPSA) is 9.72 Å². The van der Waals surface area contributed by atoms with Crippen molar-refractivity contribution in [1.29, 1.82) is 0 Å². The maximum atomic E-state index is 2.76. The van der Waals surface area contributed by atoms with E-state index >= 15 is 0 Å². The minimum Gasteiger partial charge on any atom is -0.303 e. The van der Waals surface area contributed by atoms with Crippen molar-refractivity contribution in [2.75, 3.05) is 52.4 Å². The normalized spacial score (nSPS) is 25.3. The molecule has 0 bridgehead atoms. The van der Waals surface area contributed by atoms with Crippen LogP contribution in [0.4, 0.5) is 0 Å². The fourth-order valence-electron chi connectivity index (χ4n) is 3.39. The van der Waals surface area contributed by atoms with Gasteiger partial charge in [0.1, 0.15) is 0 Å². The summed E-state index contributed by atoms with van der Waals surface area (Å²) in [7, 11) is 0. The van der Waals surface area contributed by atoms with Crippen LogP contribution in [-0.2, 0) is 0 Å². The van der Waals surface area contributed by atoms with Crippen molar-refractivity contribution in [3.05, 3.63) is 0 Å². The minimum absolute atomic E-state index is 0.847. The number of nitrogens with zero attached hydrogens (tertiary/aromatic N) is 3. The highest BCUT2D eigenvalue weighted by Gasteiger charge is 2.26. The summed E-state index contributed by atoms with van der Waals surface area (Å²) < 4.78 is 0. The second-order valence-corrected chi connectivity index (χ2v) is 6.73. The second kappa shape index (κ2) is 7.61. The van der Waals surface area contributed by atoms with E-state index in [9.17, 15) is 0 Å². The summed E-state index contributed by atoms with van der Waals surface area (Å²) in [4.78, 5) is 8.01. The van der Waals surface area contributed by atoms with Gasteiger partial charge in [-0.15, -0.1) is 0 Å². The van der Waals surface area contributed by atoms with E-state index in [4.69, 9.17) is 0 Å². The number of rotatable bonds is 5. The Bertz CT molecular complexity index is 238. The van der Waals surface area contributed by atoms with Gasteiger partial charge in [-0.2, -0.15) is 0 Å². The monoisotopic (exact) mass is 267 g/mol. The van der Waals surface area contributed by atoms with Gasteiger partial charge < -0.3 is 9.80 Å². The summed E-state index contributed by atoms with van der Waals surface area (Å²) >= 11 is 0. The van der Waals surface area contributed by atoms with Crippen LogP contribution >= 0.6 is 0 Å². The van der Waals surface area contributed by atoms with Gasteiger partial charge in [0.15, 0.2) is 0 Å². The van der Waals surface area contributed by atoms with E-state index in [2.05, 4.69) is 35.5 Å². The predicted molar refractivity (Wildman–Crippen MR) is 82.6 cm³/mol. The highest BCUT2D eigenvalue weighted by molar-refractivity contribution is 4.83. The highest BCUT2D eigenvalue weighted by Crippen LogP contribution is 2.19. The third kappa shape index (κ3) is 4.73. The Labute approximate surface area is 119 Å². The molecule has 2 aliphatic rings. The first-order valence-electron chi connectivity index (χ1n) is 8.37. The molecule has 2 aliphatic heterocycles. The lowest BCUT2D eigenvalue weighted by Gasteiger charge is -2.42. The Kier molecular flexibility index (Phi) is 6.11. The van der Waals surface area contributed by atoms with Gasteiger partial charge in [0.05, 0.1) is 0 Å². The van der Waals surface area contributed by atoms with Crippen molar-refractivity contribution in [1.82, 2.24) is 14.7 Å². The fourth-order valence-corrected chi connectivity index (χ4v) is 3.39. The van der Waals surface area contributed by atoms with Crippen molar-refractivity contribution >= 4 is 0 Å². The van der Waals surface area contributed by atoms with Crippen molar-refractivity contribution in [3.8, 4) is 0 Å². The molecule has 0 unspecified atom stereocenters. The number of piperazine rings is 1. The van der Waals surface area contributed by atoms with Crippen LogP contribution in [0.25, 0.3) is 0 Å². The van der Waals surface area contributed by atoms with Gasteiger partial charge in [0.25, 0.3) is 0 Å². The molecule has 2 fully saturated rings. The van der Waals surface area contributed by atoms with E-state index in [1.54, 1.807) is 0 Å². The molecule has 19 heavy (non-hydrogen) atoms. The molecule has 0 atom stereocenters. The van der Waals surface area contributed by atoms with E-state index in [0.29, 0.717) is 0 Å². The number of likely N-dealkylation sites (tertiary alicyclic amines) is 1. The first-order chi connectivity index (χ1) is 9.19. The second-order valence-electron chi connectivity index (χ2n) is 6.73. The third-order valence-electron chi connectivity index (χ3n) is 4.95. The smallest absolute Gasteiger partial charge is 0.0121 e. The summed E-state index contributed by atoms with van der Waals surface area (Å²) in [5, 5.41) is 0. The van der Waals surface area contributed by atoms with Gasteiger partial charge in [-0.3, -0.25) is 4.90 Å². The maximum Gasteiger partial charge on any atom is 0.0121 e. The first-order valence-corrected chi connectivity index (χ1v) is 8.37. The molecule has 2 heterocycles. The Balaban J connectivity index is 1.66. The lowest BCUT2D eigenvalue weighted by atomic mass is 10.0. The number of hydrogen-bond donors (Lipinski definition) is 0. The largest absolute Gasteiger partial charge is 0.303 e. The standard InChI is InChI=1S/C16H33N3/c1-4-17-11-13-19(14-12-17)16-6-9-18(10-7-16)8-5-15(2)3/h15-16H,4-14H2,1-3H3. The van der Waals surface area contributed by atoms with Crippen molar-refractivity contribution in [2.24, 2.45) is 5.92 Å². The predicted octanol–water partition coefficient (Wildman–Crippen LogP) is 2.13. The quantitative estimate of drug-likeness (QED) is 0.755. The molecule has 0 aliphatic carbocycles. The maximum absolute atomic E-state index is 2.76. The van der Waals surface area contributed by atoms with Gasteiger partial charge in [-0.1, -0.05) is 20.8 Å². The summed E-state index contributed by atoms with van der Waals surface area (Å²) in [6.07, 6.45) is 4.15. The van der Waals surface area contributed by atoms with E-state index in [-0.39, 0.29) is 0 Å². The zero-order valence-corrected chi connectivity index (χ0v) is 13.3. The number of likely N-dealkylation sites (N-methyl/N-ethyl adjacent to an activating group) is 1. The fraction of sp³-hybridized carbons (Fsp3) is 1.00. The van der Waals surface area contributed by atoms with Crippen molar-refractivity contribution < 1.29 is 0 Å². The van der Waals surface area contributed by atoms with Crippen LogP contribution in [0.3, 0.4) is 0 Å². The highest BCUT2D eigenvalue weighted by atomic mass is 15.3. The van der Waals surface area contributed by atoms with Gasteiger partial charge in [0, 0.05) is 32.2 Å². The van der Waals surface area contributed by atoms with Gasteiger partial charge in [-0.05, 0) is 51.4 Å². The molecule has 0 aromatic carbocycles. The molecule has 0 saturated carbocycles. The first kappa shape index (κ1) is 15.3. The van der Waals surface area contributed by atoms with Crippen LogP contribution in [0, 0.1) is 5.92 Å². The molecule has 3 heteroatoms. The molecule has 0 aromatic heterocycles. The Hall–Kier alpha value is -0.120. The van der Waals surface area contributed by atoms with Gasteiger partial charge in [0.2, 0.25) is 0 Å². The SMILES string of the molecule is CCN1CCN(C2CCN(CCC(C)C)CC2)CC1. The summed E-state index contributed by atoms with van der Waals surface area (Å²) in [5.41, 5.74) is 0. The number of hydrogen-bond acceptors (Lipinski definition) is 3. The van der Waals surface area contributed by atoms with Crippen LogP contribution in [0.2, 0.25) is 0 Å². The molecule has 0 aromatic rings. The Morgan fingerprint density at radius 2 is 1.53 bits per heavy atom. The molecule has 2 saturated heterocycles. The van der Waals surface area contributed by atoms with E-state index in [1.807, 2.05) is 0 Å². The van der Waals surface area contributed by atoms with E-state index in [1.165, 1.54) is 71.6 Å². The minimum atomic E-state index is 0.847. The molecular weight excluding hydrogens is 234 g/mol. The molecule has 0 N–H and O–H groups in total. The zero-order chi connectivity index (χ0) is 13.7. The van der Waals surface area contributed by atoms with Crippen LogP contribution in [-0.4, -0.2) is 73.1 Å². The van der Waals surface area contributed by atoms with Gasteiger partial charge in [-0.25, -0.2) is 0 Å². The molecule has 0 radical (unpaired) electrons. The average Bonchev–Trinajstić information content (AvgIpc) is 2.46. The van der Waals surface area contributed by atoms with Gasteiger partial charge >= 0.3 is 0 Å². The van der Waals surface area contributed by atoms with Crippen LogP contribution in [0.5, 0.6) is 0 Å². The summed E-state index contributed by atoms with van der Waals surface area (Å²) in [6, 6.07) is 0.870. The Morgan fingerprint density at radius 1 is 0.895 bits per heavy atom. The molecule has 0 amide bonds. The molecule has 3 nitrogen and oxygen atoms in total. The number of piperidine rings is 1.